The van der Waals surface area contributed by atoms with Crippen molar-refractivity contribution in [1.82, 2.24) is 4.90 Å². The van der Waals surface area contributed by atoms with Gasteiger partial charge in [0.15, 0.2) is 11.5 Å². The van der Waals surface area contributed by atoms with Crippen LogP contribution < -0.4 is 0 Å². The Morgan fingerprint density at radius 1 is 1.36 bits per heavy atom. The second-order valence-corrected chi connectivity index (χ2v) is 4.65. The molecule has 0 radical (unpaired) electrons. The number of nitrogens with zero attached hydrogens (tertiary/aromatic N) is 1. The normalized spacial score (nSPS) is 11.5. The van der Waals surface area contributed by atoms with Gasteiger partial charge in [-0.25, -0.2) is 9.59 Å². The van der Waals surface area contributed by atoms with Gasteiger partial charge in [-0.05, 0) is 24.6 Å². The van der Waals surface area contributed by atoms with Gasteiger partial charge in [0.2, 0.25) is 0 Å². The molecule has 0 aliphatic rings. The SMILES string of the molecule is CCCCOC(=O)/C=C/C=C(\OC(=O)N(C)C)c1ccco1. The van der Waals surface area contributed by atoms with E-state index in [2.05, 4.69) is 0 Å². The van der Waals surface area contributed by atoms with E-state index in [4.69, 9.17) is 13.9 Å². The average molecular weight is 307 g/mol. The van der Waals surface area contributed by atoms with Crippen molar-refractivity contribution in [3.05, 3.63) is 42.4 Å². The molecule has 0 N–H and O–H groups in total. The van der Waals surface area contributed by atoms with Crippen LogP contribution >= 0.6 is 0 Å². The summed E-state index contributed by atoms with van der Waals surface area (Å²) in [4.78, 5) is 24.4. The number of furan rings is 1. The number of carbonyl (C=O) groups excluding carboxylic acids is 2. The van der Waals surface area contributed by atoms with Gasteiger partial charge in [-0.15, -0.1) is 0 Å². The monoisotopic (exact) mass is 307 g/mol. The van der Waals surface area contributed by atoms with Crippen molar-refractivity contribution in [2.75, 3.05) is 20.7 Å². The predicted octanol–water partition coefficient (Wildman–Crippen LogP) is 3.22. The van der Waals surface area contributed by atoms with Gasteiger partial charge < -0.3 is 18.8 Å². The van der Waals surface area contributed by atoms with E-state index in [0.29, 0.717) is 12.4 Å². The minimum Gasteiger partial charge on any atom is -0.463 e. The molecule has 0 bridgehead atoms. The number of rotatable bonds is 7. The second-order valence-electron chi connectivity index (χ2n) is 4.65. The van der Waals surface area contributed by atoms with E-state index < -0.39 is 12.1 Å². The molecule has 0 aromatic carbocycles. The van der Waals surface area contributed by atoms with Crippen molar-refractivity contribution in [1.29, 1.82) is 0 Å². The number of hydrogen-bond acceptors (Lipinski definition) is 5. The van der Waals surface area contributed by atoms with Crippen LogP contribution in [0, 0.1) is 0 Å². The average Bonchev–Trinajstić information content (AvgIpc) is 3.00. The molecule has 6 nitrogen and oxygen atoms in total. The van der Waals surface area contributed by atoms with Crippen LogP contribution in [0.1, 0.15) is 25.5 Å². The number of allylic oxidation sites excluding steroid dienone is 2. The highest BCUT2D eigenvalue weighted by Crippen LogP contribution is 2.17. The number of hydrogen-bond donors (Lipinski definition) is 0. The van der Waals surface area contributed by atoms with Crippen LogP contribution in [-0.4, -0.2) is 37.7 Å². The Morgan fingerprint density at radius 3 is 2.73 bits per heavy atom. The maximum atomic E-state index is 11.6. The van der Waals surface area contributed by atoms with Gasteiger partial charge in [0.1, 0.15) is 0 Å². The van der Waals surface area contributed by atoms with E-state index in [0.717, 1.165) is 12.8 Å². The molecule has 1 aromatic rings. The molecule has 1 aromatic heterocycles. The van der Waals surface area contributed by atoms with Gasteiger partial charge in [-0.3, -0.25) is 0 Å². The lowest BCUT2D eigenvalue weighted by Gasteiger charge is -2.11. The minimum absolute atomic E-state index is 0.210. The summed E-state index contributed by atoms with van der Waals surface area (Å²) in [6.45, 7) is 2.41. The molecule has 1 rings (SSSR count). The van der Waals surface area contributed by atoms with Gasteiger partial charge in [-0.1, -0.05) is 19.4 Å². The molecule has 0 unspecified atom stereocenters. The third-order valence-corrected chi connectivity index (χ3v) is 2.55. The molecule has 0 spiro atoms. The molecule has 0 aliphatic heterocycles. The van der Waals surface area contributed by atoms with Crippen LogP contribution in [0.25, 0.3) is 5.76 Å². The fourth-order valence-corrected chi connectivity index (χ4v) is 1.35. The summed E-state index contributed by atoms with van der Waals surface area (Å²) in [6.07, 6.45) is 6.91. The van der Waals surface area contributed by atoms with Crippen LogP contribution in [0.2, 0.25) is 0 Å². The quantitative estimate of drug-likeness (QED) is 0.254. The summed E-state index contributed by atoms with van der Waals surface area (Å²) in [5.41, 5.74) is 0. The number of unbranched alkanes of at least 4 members (excludes halogenated alkanes) is 1. The zero-order chi connectivity index (χ0) is 16.4. The lowest BCUT2D eigenvalue weighted by Crippen LogP contribution is -2.22. The number of esters is 1. The first-order valence-corrected chi connectivity index (χ1v) is 7.02. The van der Waals surface area contributed by atoms with E-state index in [-0.39, 0.29) is 5.76 Å². The molecule has 120 valence electrons. The standard InChI is InChI=1S/C16H21NO5/c1-4-5-11-21-15(18)10-6-8-14(13-9-7-12-20-13)22-16(19)17(2)3/h6-10,12H,4-5,11H2,1-3H3/b10-6+,14-8-. The van der Waals surface area contributed by atoms with E-state index in [9.17, 15) is 9.59 Å². The first-order chi connectivity index (χ1) is 10.5. The van der Waals surface area contributed by atoms with Crippen molar-refractivity contribution in [3.8, 4) is 0 Å². The van der Waals surface area contributed by atoms with Gasteiger partial charge in [0, 0.05) is 20.2 Å². The molecular formula is C16H21NO5. The minimum atomic E-state index is -0.540. The van der Waals surface area contributed by atoms with Gasteiger partial charge in [-0.2, -0.15) is 0 Å². The molecule has 0 saturated heterocycles. The molecule has 6 heteroatoms. The third-order valence-electron chi connectivity index (χ3n) is 2.55. The summed E-state index contributed by atoms with van der Waals surface area (Å²) in [7, 11) is 3.14. The lowest BCUT2D eigenvalue weighted by molar-refractivity contribution is -0.137. The van der Waals surface area contributed by atoms with Gasteiger partial charge >= 0.3 is 12.1 Å². The fraction of sp³-hybridized carbons (Fsp3) is 0.375. The highest BCUT2D eigenvalue weighted by Gasteiger charge is 2.12. The Labute approximate surface area is 130 Å². The van der Waals surface area contributed by atoms with E-state index in [1.165, 1.54) is 29.4 Å². The van der Waals surface area contributed by atoms with Crippen LogP contribution in [0.3, 0.4) is 0 Å². The largest absolute Gasteiger partial charge is 0.463 e. The zero-order valence-corrected chi connectivity index (χ0v) is 13.1. The first-order valence-electron chi connectivity index (χ1n) is 7.02. The molecule has 0 atom stereocenters. The first kappa shape index (κ1) is 17.6. The lowest BCUT2D eigenvalue weighted by atomic mass is 10.3. The van der Waals surface area contributed by atoms with Crippen molar-refractivity contribution in [2.24, 2.45) is 0 Å². The summed E-state index contributed by atoms with van der Waals surface area (Å²) >= 11 is 0. The molecule has 22 heavy (non-hydrogen) atoms. The van der Waals surface area contributed by atoms with Crippen LogP contribution in [0.4, 0.5) is 4.79 Å². The van der Waals surface area contributed by atoms with Gasteiger partial charge in [0.25, 0.3) is 0 Å². The van der Waals surface area contributed by atoms with Crippen molar-refractivity contribution in [2.45, 2.75) is 19.8 Å². The second kappa shape index (κ2) is 9.44. The number of amides is 1. The van der Waals surface area contributed by atoms with Gasteiger partial charge in [0.05, 0.1) is 12.9 Å². The molecule has 1 heterocycles. The van der Waals surface area contributed by atoms with Crippen LogP contribution in [0.15, 0.2) is 41.0 Å². The Kier molecular flexibility index (Phi) is 7.53. The predicted molar refractivity (Wildman–Crippen MR) is 81.9 cm³/mol. The molecule has 0 aliphatic carbocycles. The van der Waals surface area contributed by atoms with E-state index in [1.54, 1.807) is 26.2 Å². The maximum Gasteiger partial charge on any atom is 0.414 e. The third kappa shape index (κ3) is 6.30. The Balaban J connectivity index is 2.70. The zero-order valence-electron chi connectivity index (χ0n) is 13.1. The molecule has 0 saturated carbocycles. The smallest absolute Gasteiger partial charge is 0.414 e. The topological polar surface area (TPSA) is 69.0 Å². The fourth-order valence-electron chi connectivity index (χ4n) is 1.35. The Bertz CT molecular complexity index is 529. The van der Waals surface area contributed by atoms with Crippen molar-refractivity contribution in [3.63, 3.8) is 0 Å². The van der Waals surface area contributed by atoms with E-state index >= 15 is 0 Å². The highest BCUT2D eigenvalue weighted by atomic mass is 16.6. The summed E-state index contributed by atoms with van der Waals surface area (Å²) < 4.78 is 15.4. The summed E-state index contributed by atoms with van der Waals surface area (Å²) in [5.74, 6) is 0.155. The molecule has 0 fully saturated rings. The van der Waals surface area contributed by atoms with E-state index in [1.807, 2.05) is 6.92 Å². The molecular weight excluding hydrogens is 286 g/mol. The highest BCUT2D eigenvalue weighted by molar-refractivity contribution is 5.83. The summed E-state index contributed by atoms with van der Waals surface area (Å²) in [6, 6.07) is 3.33. The Hall–Kier alpha value is -2.50. The van der Waals surface area contributed by atoms with Crippen molar-refractivity contribution < 1.29 is 23.5 Å². The van der Waals surface area contributed by atoms with Crippen LogP contribution in [-0.2, 0) is 14.3 Å². The molecule has 1 amide bonds. The maximum absolute atomic E-state index is 11.6. The summed E-state index contributed by atoms with van der Waals surface area (Å²) in [5, 5.41) is 0. The van der Waals surface area contributed by atoms with Crippen molar-refractivity contribution >= 4 is 17.8 Å². The van der Waals surface area contributed by atoms with Crippen LogP contribution in [0.5, 0.6) is 0 Å². The number of ether oxygens (including phenoxy) is 2. The number of carbonyl (C=O) groups is 2. The Morgan fingerprint density at radius 2 is 2.14 bits per heavy atom.